The molecule has 0 bridgehead atoms. The minimum absolute atomic E-state index is 0.0321. The molecule has 1 saturated heterocycles. The van der Waals surface area contributed by atoms with Crippen molar-refractivity contribution >= 4 is 17.4 Å². The highest BCUT2D eigenvalue weighted by atomic mass is 16.5. The number of carbonyl (C=O) groups is 2. The summed E-state index contributed by atoms with van der Waals surface area (Å²) < 4.78 is 5.51. The first-order valence-electron chi connectivity index (χ1n) is 10.6. The SMILES string of the molecule is CCOc1cc([C@@H]2/C(=C(/O)c3cc(C)ccc3C)C(=O)C(=O)N2CCN(C)C)ccc1O. The average Bonchev–Trinajstić information content (AvgIpc) is 3.00. The van der Waals surface area contributed by atoms with Gasteiger partial charge in [-0.2, -0.15) is 0 Å². The third kappa shape index (κ3) is 4.48. The van der Waals surface area contributed by atoms with Crippen molar-refractivity contribution in [2.75, 3.05) is 33.8 Å². The van der Waals surface area contributed by atoms with Crippen LogP contribution in [0.1, 0.15) is 35.2 Å². The van der Waals surface area contributed by atoms with Crippen LogP contribution in [0.25, 0.3) is 5.76 Å². The average molecular weight is 439 g/mol. The van der Waals surface area contributed by atoms with Gasteiger partial charge in [-0.25, -0.2) is 0 Å². The number of ketones is 1. The maximum atomic E-state index is 13.1. The van der Waals surface area contributed by atoms with Crippen LogP contribution >= 0.6 is 0 Å². The second-order valence-electron chi connectivity index (χ2n) is 8.27. The van der Waals surface area contributed by atoms with Gasteiger partial charge in [0.2, 0.25) is 0 Å². The van der Waals surface area contributed by atoms with Crippen LogP contribution in [0.3, 0.4) is 0 Å². The van der Waals surface area contributed by atoms with Gasteiger partial charge in [-0.05, 0) is 64.2 Å². The molecule has 2 aromatic carbocycles. The number of aliphatic hydroxyl groups excluding tert-OH is 1. The molecule has 1 heterocycles. The highest BCUT2D eigenvalue weighted by molar-refractivity contribution is 6.46. The molecule has 0 unspecified atom stereocenters. The van der Waals surface area contributed by atoms with Crippen molar-refractivity contribution < 1.29 is 24.5 Å². The molecule has 0 radical (unpaired) electrons. The van der Waals surface area contributed by atoms with E-state index in [-0.39, 0.29) is 22.8 Å². The van der Waals surface area contributed by atoms with Crippen LogP contribution in [0, 0.1) is 13.8 Å². The van der Waals surface area contributed by atoms with Crippen LogP contribution < -0.4 is 4.74 Å². The highest BCUT2D eigenvalue weighted by Gasteiger charge is 2.46. The van der Waals surface area contributed by atoms with Crippen molar-refractivity contribution in [3.63, 3.8) is 0 Å². The van der Waals surface area contributed by atoms with E-state index in [9.17, 15) is 19.8 Å². The Bertz CT molecular complexity index is 1070. The van der Waals surface area contributed by atoms with E-state index in [0.717, 1.165) is 11.1 Å². The number of rotatable bonds is 7. The predicted molar refractivity (Wildman–Crippen MR) is 123 cm³/mol. The van der Waals surface area contributed by atoms with E-state index in [1.807, 2.05) is 45.0 Å². The summed E-state index contributed by atoms with van der Waals surface area (Å²) in [6, 6.07) is 9.54. The Kier molecular flexibility index (Phi) is 6.89. The van der Waals surface area contributed by atoms with E-state index in [1.54, 1.807) is 25.1 Å². The minimum atomic E-state index is -0.797. The van der Waals surface area contributed by atoms with E-state index < -0.39 is 17.7 Å². The van der Waals surface area contributed by atoms with Gasteiger partial charge in [0.1, 0.15) is 5.76 Å². The van der Waals surface area contributed by atoms with Crippen molar-refractivity contribution in [1.29, 1.82) is 0 Å². The topological polar surface area (TPSA) is 90.3 Å². The Balaban J connectivity index is 2.22. The fraction of sp³-hybridized carbons (Fsp3) is 0.360. The van der Waals surface area contributed by atoms with Gasteiger partial charge in [0.05, 0.1) is 18.2 Å². The monoisotopic (exact) mass is 438 g/mol. The van der Waals surface area contributed by atoms with Crippen molar-refractivity contribution in [2.24, 2.45) is 0 Å². The molecule has 2 N–H and O–H groups in total. The van der Waals surface area contributed by atoms with E-state index in [1.165, 1.54) is 11.0 Å². The highest BCUT2D eigenvalue weighted by Crippen LogP contribution is 2.42. The minimum Gasteiger partial charge on any atom is -0.507 e. The first-order chi connectivity index (χ1) is 15.1. The van der Waals surface area contributed by atoms with E-state index in [0.29, 0.717) is 30.8 Å². The van der Waals surface area contributed by atoms with Gasteiger partial charge in [0.25, 0.3) is 11.7 Å². The Labute approximate surface area is 188 Å². The van der Waals surface area contributed by atoms with Crippen LogP contribution in [0.15, 0.2) is 42.0 Å². The summed E-state index contributed by atoms with van der Waals surface area (Å²) in [5.41, 5.74) is 2.86. The van der Waals surface area contributed by atoms with Gasteiger partial charge in [-0.1, -0.05) is 23.8 Å². The van der Waals surface area contributed by atoms with E-state index in [2.05, 4.69) is 0 Å². The number of Topliss-reactive ketones (excluding diaryl/α,β-unsaturated/α-hetero) is 1. The summed E-state index contributed by atoms with van der Waals surface area (Å²) in [7, 11) is 3.77. The third-order valence-corrected chi connectivity index (χ3v) is 5.58. The van der Waals surface area contributed by atoms with Crippen molar-refractivity contribution in [2.45, 2.75) is 26.8 Å². The lowest BCUT2D eigenvalue weighted by Crippen LogP contribution is -2.35. The maximum Gasteiger partial charge on any atom is 0.295 e. The summed E-state index contributed by atoms with van der Waals surface area (Å²) >= 11 is 0. The molecule has 7 heteroatoms. The Morgan fingerprint density at radius 2 is 1.84 bits per heavy atom. The molecule has 0 saturated carbocycles. The zero-order chi connectivity index (χ0) is 23.6. The first-order valence-corrected chi connectivity index (χ1v) is 10.6. The number of aryl methyl sites for hydroxylation is 2. The number of aromatic hydroxyl groups is 1. The molecule has 0 aliphatic carbocycles. The number of ether oxygens (including phenoxy) is 1. The lowest BCUT2D eigenvalue weighted by molar-refractivity contribution is -0.140. The standard InChI is InChI=1S/C25H30N2O5/c1-6-32-20-14-17(9-10-19(20)28)22-21(23(29)18-13-15(2)7-8-16(18)3)24(30)25(31)27(22)12-11-26(4)5/h7-10,13-14,22,28-29H,6,11-12H2,1-5H3/b23-21-/t22-/m1/s1. The van der Waals surface area contributed by atoms with E-state index in [4.69, 9.17) is 4.74 Å². The Morgan fingerprint density at radius 3 is 2.50 bits per heavy atom. The second kappa shape index (κ2) is 9.44. The molecule has 0 aromatic heterocycles. The number of likely N-dealkylation sites (tertiary alicyclic amines) is 1. The van der Waals surface area contributed by atoms with Gasteiger partial charge >= 0.3 is 0 Å². The molecule has 1 aliphatic rings. The number of nitrogens with zero attached hydrogens (tertiary/aromatic N) is 2. The Morgan fingerprint density at radius 1 is 1.12 bits per heavy atom. The number of likely N-dealkylation sites (N-methyl/N-ethyl adjacent to an activating group) is 1. The Hall–Kier alpha value is -3.32. The number of amides is 1. The number of aliphatic hydroxyl groups is 1. The van der Waals surface area contributed by atoms with Gasteiger partial charge in [-0.15, -0.1) is 0 Å². The normalized spacial score (nSPS) is 17.9. The molecule has 1 fully saturated rings. The smallest absolute Gasteiger partial charge is 0.295 e. The third-order valence-electron chi connectivity index (χ3n) is 5.58. The molecule has 2 aromatic rings. The van der Waals surface area contributed by atoms with Crippen molar-refractivity contribution in [3.05, 3.63) is 64.2 Å². The number of benzene rings is 2. The maximum absolute atomic E-state index is 13.1. The van der Waals surface area contributed by atoms with Crippen LogP contribution in [0.5, 0.6) is 11.5 Å². The first kappa shape index (κ1) is 23.3. The molecule has 0 spiro atoms. The number of carbonyl (C=O) groups excluding carboxylic acids is 2. The van der Waals surface area contributed by atoms with Gasteiger partial charge < -0.3 is 24.7 Å². The zero-order valence-electron chi connectivity index (χ0n) is 19.2. The molecule has 32 heavy (non-hydrogen) atoms. The van der Waals surface area contributed by atoms with Gasteiger partial charge in [0.15, 0.2) is 11.5 Å². The molecular formula is C25H30N2O5. The van der Waals surface area contributed by atoms with Crippen molar-refractivity contribution in [1.82, 2.24) is 9.80 Å². The molecular weight excluding hydrogens is 408 g/mol. The van der Waals surface area contributed by atoms with E-state index >= 15 is 0 Å². The fourth-order valence-corrected chi connectivity index (χ4v) is 3.87. The van der Waals surface area contributed by atoms with Gasteiger partial charge in [0, 0.05) is 18.7 Å². The van der Waals surface area contributed by atoms with Crippen LogP contribution in [0.4, 0.5) is 0 Å². The molecule has 1 atom stereocenters. The zero-order valence-corrected chi connectivity index (χ0v) is 19.2. The number of hydrogen-bond acceptors (Lipinski definition) is 6. The quantitative estimate of drug-likeness (QED) is 0.391. The second-order valence-corrected chi connectivity index (χ2v) is 8.27. The predicted octanol–water partition coefficient (Wildman–Crippen LogP) is 3.39. The fourth-order valence-electron chi connectivity index (χ4n) is 3.87. The van der Waals surface area contributed by atoms with Gasteiger partial charge in [-0.3, -0.25) is 9.59 Å². The van der Waals surface area contributed by atoms with Crippen LogP contribution in [-0.2, 0) is 9.59 Å². The summed E-state index contributed by atoms with van der Waals surface area (Å²) in [6.07, 6.45) is 0. The lowest BCUT2D eigenvalue weighted by Gasteiger charge is -2.27. The number of phenols is 1. The molecule has 170 valence electrons. The number of phenolic OH excluding ortho intramolecular Hbond substituents is 1. The lowest BCUT2D eigenvalue weighted by atomic mass is 9.93. The number of hydrogen-bond donors (Lipinski definition) is 2. The van der Waals surface area contributed by atoms with Crippen LogP contribution in [-0.4, -0.2) is 65.5 Å². The molecule has 1 amide bonds. The molecule has 1 aliphatic heterocycles. The molecule has 3 rings (SSSR count). The van der Waals surface area contributed by atoms with Crippen LogP contribution in [0.2, 0.25) is 0 Å². The van der Waals surface area contributed by atoms with Crippen molar-refractivity contribution in [3.8, 4) is 11.5 Å². The largest absolute Gasteiger partial charge is 0.507 e. The summed E-state index contributed by atoms with van der Waals surface area (Å²) in [4.78, 5) is 29.5. The molecule has 7 nitrogen and oxygen atoms in total. The summed E-state index contributed by atoms with van der Waals surface area (Å²) in [5, 5.41) is 21.4. The summed E-state index contributed by atoms with van der Waals surface area (Å²) in [6.45, 7) is 6.74. The summed E-state index contributed by atoms with van der Waals surface area (Å²) in [5.74, 6) is -1.36.